The first-order chi connectivity index (χ1) is 13.7. The van der Waals surface area contributed by atoms with Crippen molar-refractivity contribution >= 4 is 39.3 Å². The van der Waals surface area contributed by atoms with Crippen LogP contribution in [0.3, 0.4) is 0 Å². The Morgan fingerprint density at radius 1 is 0.786 bits per heavy atom. The number of benzene rings is 4. The third-order valence-electron chi connectivity index (χ3n) is 5.17. The lowest BCUT2D eigenvalue weighted by molar-refractivity contribution is -0.130. The molecule has 0 spiro atoms. The lowest BCUT2D eigenvalue weighted by atomic mass is 9.95. The summed E-state index contributed by atoms with van der Waals surface area (Å²) in [6.45, 7) is 2.04. The lowest BCUT2D eigenvalue weighted by Crippen LogP contribution is -1.97. The number of hydrogen-bond acceptors (Lipinski definition) is 2. The second kappa shape index (κ2) is 6.50. The molecule has 0 saturated heterocycles. The van der Waals surface area contributed by atoms with Crippen LogP contribution in [0.15, 0.2) is 90.5 Å². The number of fused-ring (bicyclic) bond motifs is 2. The molecule has 134 valence electrons. The van der Waals surface area contributed by atoms with Gasteiger partial charge in [-0.3, -0.25) is 0 Å². The van der Waals surface area contributed by atoms with Crippen molar-refractivity contribution in [3.8, 4) is 0 Å². The van der Waals surface area contributed by atoms with E-state index in [2.05, 4.69) is 30.3 Å². The number of aryl methyl sites for hydroxylation is 1. The topological polar surface area (TPSA) is 26.3 Å². The van der Waals surface area contributed by atoms with Crippen LogP contribution < -0.4 is 0 Å². The fourth-order valence-corrected chi connectivity index (χ4v) is 3.71. The molecule has 28 heavy (non-hydrogen) atoms. The molecule has 4 aromatic rings. The van der Waals surface area contributed by atoms with E-state index in [1.165, 1.54) is 5.56 Å². The highest BCUT2D eigenvalue weighted by Gasteiger charge is 2.22. The molecule has 5 rings (SSSR count). The number of cyclic esters (lactones) is 1. The summed E-state index contributed by atoms with van der Waals surface area (Å²) in [7, 11) is 0. The van der Waals surface area contributed by atoms with E-state index in [0.717, 1.165) is 32.7 Å². The van der Waals surface area contributed by atoms with Gasteiger partial charge in [0.05, 0.1) is 5.57 Å². The number of ether oxygens (including phenoxy) is 1. The Labute approximate surface area is 163 Å². The predicted octanol–water partition coefficient (Wildman–Crippen LogP) is 6.28. The number of hydrogen-bond donors (Lipinski definition) is 0. The Hall–Kier alpha value is -3.65. The Bertz CT molecular complexity index is 1240. The number of carbonyl (C=O) groups excluding carboxylic acids is 1. The fraction of sp³-hybridized carbons (Fsp3) is 0.0385. The summed E-state index contributed by atoms with van der Waals surface area (Å²) in [4.78, 5) is 12.6. The molecule has 2 nitrogen and oxygen atoms in total. The average Bonchev–Trinajstić information content (AvgIpc) is 3.08. The van der Waals surface area contributed by atoms with Gasteiger partial charge in [-0.2, -0.15) is 0 Å². The van der Waals surface area contributed by atoms with Crippen LogP contribution in [0.2, 0.25) is 0 Å². The van der Waals surface area contributed by atoms with Gasteiger partial charge in [0.25, 0.3) is 0 Å². The first-order valence-corrected chi connectivity index (χ1v) is 9.32. The van der Waals surface area contributed by atoms with Gasteiger partial charge in [0.2, 0.25) is 0 Å². The molecule has 0 radical (unpaired) electrons. The van der Waals surface area contributed by atoms with E-state index in [-0.39, 0.29) is 5.97 Å². The van der Waals surface area contributed by atoms with Gasteiger partial charge in [0.1, 0.15) is 5.76 Å². The van der Waals surface area contributed by atoms with Gasteiger partial charge in [0.15, 0.2) is 0 Å². The van der Waals surface area contributed by atoms with E-state index < -0.39 is 0 Å². The molecule has 0 fully saturated rings. The van der Waals surface area contributed by atoms with Crippen LogP contribution in [-0.2, 0) is 9.53 Å². The molecule has 0 aromatic heterocycles. The Balaban J connectivity index is 1.70. The average molecular weight is 362 g/mol. The Morgan fingerprint density at radius 2 is 1.39 bits per heavy atom. The van der Waals surface area contributed by atoms with Crippen LogP contribution in [-0.4, -0.2) is 5.97 Å². The monoisotopic (exact) mass is 362 g/mol. The van der Waals surface area contributed by atoms with Gasteiger partial charge in [-0.25, -0.2) is 4.79 Å². The van der Waals surface area contributed by atoms with Gasteiger partial charge in [-0.1, -0.05) is 78.4 Å². The minimum Gasteiger partial charge on any atom is -0.422 e. The maximum atomic E-state index is 12.6. The first kappa shape index (κ1) is 16.5. The van der Waals surface area contributed by atoms with Crippen molar-refractivity contribution in [2.75, 3.05) is 0 Å². The number of esters is 1. The lowest BCUT2D eigenvalue weighted by Gasteiger charge is -2.08. The highest BCUT2D eigenvalue weighted by Crippen LogP contribution is 2.33. The molecule has 0 saturated carbocycles. The minimum atomic E-state index is -0.312. The predicted molar refractivity (Wildman–Crippen MR) is 115 cm³/mol. The van der Waals surface area contributed by atoms with Crippen LogP contribution >= 0.6 is 0 Å². The van der Waals surface area contributed by atoms with Gasteiger partial charge in [-0.05, 0) is 52.3 Å². The van der Waals surface area contributed by atoms with E-state index in [1.807, 2.05) is 67.6 Å². The van der Waals surface area contributed by atoms with Crippen molar-refractivity contribution in [3.05, 3.63) is 107 Å². The Kier molecular flexibility index (Phi) is 3.84. The maximum Gasteiger partial charge on any atom is 0.343 e. The van der Waals surface area contributed by atoms with Crippen molar-refractivity contribution in [1.82, 2.24) is 0 Å². The highest BCUT2D eigenvalue weighted by molar-refractivity contribution is 6.12. The third-order valence-corrected chi connectivity index (χ3v) is 5.17. The number of carbonyl (C=O) groups is 1. The first-order valence-electron chi connectivity index (χ1n) is 9.32. The molecule has 0 aliphatic carbocycles. The van der Waals surface area contributed by atoms with Gasteiger partial charge in [-0.15, -0.1) is 0 Å². The summed E-state index contributed by atoms with van der Waals surface area (Å²) < 4.78 is 5.55. The van der Waals surface area contributed by atoms with E-state index in [0.29, 0.717) is 11.3 Å². The van der Waals surface area contributed by atoms with Crippen molar-refractivity contribution < 1.29 is 9.53 Å². The Morgan fingerprint density at radius 3 is 2.04 bits per heavy atom. The van der Waals surface area contributed by atoms with Crippen LogP contribution in [0, 0.1) is 6.92 Å². The molecule has 0 N–H and O–H groups in total. The smallest absolute Gasteiger partial charge is 0.343 e. The van der Waals surface area contributed by atoms with Crippen LogP contribution in [0.25, 0.3) is 33.4 Å². The minimum absolute atomic E-state index is 0.312. The molecule has 4 aromatic carbocycles. The summed E-state index contributed by atoms with van der Waals surface area (Å²) >= 11 is 0. The molecule has 0 bridgehead atoms. The number of rotatable bonds is 2. The summed E-state index contributed by atoms with van der Waals surface area (Å²) in [6, 6.07) is 26.7. The van der Waals surface area contributed by atoms with Crippen LogP contribution in [0.1, 0.15) is 16.7 Å². The van der Waals surface area contributed by atoms with E-state index in [4.69, 9.17) is 4.74 Å². The van der Waals surface area contributed by atoms with Gasteiger partial charge < -0.3 is 4.74 Å². The SMILES string of the molecule is Cc1ccc(C2=C/C(=C\c3c4ccccc4cc4ccccc34)C(=O)O2)cc1. The summed E-state index contributed by atoms with van der Waals surface area (Å²) in [5.41, 5.74) is 3.69. The van der Waals surface area contributed by atoms with Crippen molar-refractivity contribution in [1.29, 1.82) is 0 Å². The normalized spacial score (nSPS) is 15.2. The molecular weight excluding hydrogens is 344 g/mol. The zero-order chi connectivity index (χ0) is 19.1. The van der Waals surface area contributed by atoms with Gasteiger partial charge in [0, 0.05) is 5.56 Å². The maximum absolute atomic E-state index is 12.6. The molecule has 0 atom stereocenters. The highest BCUT2D eigenvalue weighted by atomic mass is 16.5. The van der Waals surface area contributed by atoms with Gasteiger partial charge >= 0.3 is 5.97 Å². The molecule has 1 aliphatic rings. The second-order valence-corrected chi connectivity index (χ2v) is 7.10. The van der Waals surface area contributed by atoms with E-state index in [1.54, 1.807) is 0 Å². The zero-order valence-electron chi connectivity index (χ0n) is 15.5. The molecule has 1 heterocycles. The molecule has 0 amide bonds. The largest absolute Gasteiger partial charge is 0.422 e. The molecule has 0 unspecified atom stereocenters. The van der Waals surface area contributed by atoms with Crippen LogP contribution in [0.5, 0.6) is 0 Å². The van der Waals surface area contributed by atoms with Crippen LogP contribution in [0.4, 0.5) is 0 Å². The summed E-state index contributed by atoms with van der Waals surface area (Å²) in [6.07, 6.45) is 3.79. The summed E-state index contributed by atoms with van der Waals surface area (Å²) in [5, 5.41) is 4.56. The standard InChI is InChI=1S/C26H18O2/c1-17-10-12-18(13-11-17)25-16-21(26(27)28-25)15-24-22-8-4-2-6-19(22)14-20-7-3-5-9-23(20)24/h2-16H,1H3/b21-15+. The zero-order valence-corrected chi connectivity index (χ0v) is 15.5. The van der Waals surface area contributed by atoms with Crippen molar-refractivity contribution in [2.24, 2.45) is 0 Å². The molecule has 1 aliphatic heterocycles. The molecule has 2 heteroatoms. The third kappa shape index (κ3) is 2.80. The van der Waals surface area contributed by atoms with E-state index >= 15 is 0 Å². The molecular formula is C26H18O2. The van der Waals surface area contributed by atoms with Crippen molar-refractivity contribution in [3.63, 3.8) is 0 Å². The summed E-state index contributed by atoms with van der Waals surface area (Å²) in [5.74, 6) is 0.286. The fourth-order valence-electron chi connectivity index (χ4n) is 3.71. The van der Waals surface area contributed by atoms with E-state index in [9.17, 15) is 4.79 Å². The van der Waals surface area contributed by atoms with Crippen molar-refractivity contribution in [2.45, 2.75) is 6.92 Å². The second-order valence-electron chi connectivity index (χ2n) is 7.10. The quantitative estimate of drug-likeness (QED) is 0.238.